The van der Waals surface area contributed by atoms with Crippen molar-refractivity contribution in [3.05, 3.63) is 78.9 Å². The molecule has 1 amide bonds. The number of nitrogens with zero attached hydrogens (tertiary/aromatic N) is 1. The molecule has 3 aliphatic rings. The molecule has 9 nitrogen and oxygen atoms in total. The second-order valence-electron chi connectivity index (χ2n) is 10.2. The van der Waals surface area contributed by atoms with E-state index in [9.17, 15) is 9.59 Å². The summed E-state index contributed by atoms with van der Waals surface area (Å²) in [5, 5.41) is 2.91. The Hall–Kier alpha value is -3.82. The van der Waals surface area contributed by atoms with Gasteiger partial charge in [-0.3, -0.25) is 4.79 Å². The minimum absolute atomic E-state index is 0.0579. The van der Waals surface area contributed by atoms with Crippen molar-refractivity contribution in [2.24, 2.45) is 0 Å². The van der Waals surface area contributed by atoms with Crippen LogP contribution in [0.15, 0.2) is 67.8 Å². The molecule has 1 saturated heterocycles. The lowest BCUT2D eigenvalue weighted by Crippen LogP contribution is -2.53. The highest BCUT2D eigenvalue weighted by molar-refractivity contribution is 5.85. The Bertz CT molecular complexity index is 1250. The van der Waals surface area contributed by atoms with Gasteiger partial charge in [-0.2, -0.15) is 0 Å². The SMILES string of the molecule is C=CCOC(=O)[C@H](Cc1ccccc1)NC(=O)C[C@H]1[C@@H]2OC(C)(C)O[C@H]2c2cc3c(cc2N1CC=C)OCO3. The minimum Gasteiger partial charge on any atom is -0.460 e. The van der Waals surface area contributed by atoms with Crippen LogP contribution in [0.25, 0.3) is 0 Å². The van der Waals surface area contributed by atoms with Crippen LogP contribution in [0.5, 0.6) is 11.5 Å². The van der Waals surface area contributed by atoms with Gasteiger partial charge in [0.05, 0.1) is 6.04 Å². The summed E-state index contributed by atoms with van der Waals surface area (Å²) in [5.74, 6) is -0.391. The molecule has 1 fully saturated rings. The molecule has 0 bridgehead atoms. The molecule has 9 heteroatoms. The highest BCUT2D eigenvalue weighted by Gasteiger charge is 2.52. The Morgan fingerprint density at radius 3 is 2.59 bits per heavy atom. The summed E-state index contributed by atoms with van der Waals surface area (Å²) in [6, 6.07) is 12.1. The predicted octanol–water partition coefficient (Wildman–Crippen LogP) is 3.83. The standard InChI is InChI=1S/C30H34N2O7/c1-5-12-32-22-16-25-24(36-18-37-25)15-20(22)27-28(39-30(3,4)38-27)23(32)17-26(33)31-21(29(34)35-13-6-2)14-19-10-8-7-9-11-19/h5-11,15-16,21,23,27-28H,1-2,12-14,17-18H2,3-4H3,(H,31,33)/t21-,23-,27-,28-/m0/s1. The van der Waals surface area contributed by atoms with Crippen molar-refractivity contribution in [3.63, 3.8) is 0 Å². The van der Waals surface area contributed by atoms with Crippen LogP contribution in [0.4, 0.5) is 5.69 Å². The maximum absolute atomic E-state index is 13.6. The van der Waals surface area contributed by atoms with Crippen molar-refractivity contribution in [1.29, 1.82) is 0 Å². The zero-order chi connectivity index (χ0) is 27.6. The molecule has 0 aromatic heterocycles. The van der Waals surface area contributed by atoms with Gasteiger partial charge in [-0.25, -0.2) is 4.79 Å². The average Bonchev–Trinajstić information content (AvgIpc) is 3.51. The number of ether oxygens (including phenoxy) is 5. The molecule has 0 unspecified atom stereocenters. The van der Waals surface area contributed by atoms with Crippen LogP contribution < -0.4 is 19.7 Å². The number of nitrogens with one attached hydrogen (secondary N) is 1. The van der Waals surface area contributed by atoms with Gasteiger partial charge >= 0.3 is 5.97 Å². The van der Waals surface area contributed by atoms with Crippen molar-refractivity contribution in [2.75, 3.05) is 24.8 Å². The fourth-order valence-corrected chi connectivity index (χ4v) is 5.42. The second kappa shape index (κ2) is 11.1. The summed E-state index contributed by atoms with van der Waals surface area (Å²) in [7, 11) is 0. The van der Waals surface area contributed by atoms with E-state index in [0.717, 1.165) is 16.8 Å². The smallest absolute Gasteiger partial charge is 0.329 e. The Kier molecular flexibility index (Phi) is 7.63. The third-order valence-electron chi connectivity index (χ3n) is 7.01. The first-order valence-electron chi connectivity index (χ1n) is 13.1. The topological polar surface area (TPSA) is 95.6 Å². The number of esters is 1. The number of benzene rings is 2. The molecule has 3 heterocycles. The molecular weight excluding hydrogens is 500 g/mol. The normalized spacial score (nSPS) is 22.8. The number of carbonyl (C=O) groups is 2. The van der Waals surface area contributed by atoms with Crippen LogP contribution in [0, 0.1) is 0 Å². The van der Waals surface area contributed by atoms with Crippen LogP contribution in [-0.2, 0) is 30.2 Å². The van der Waals surface area contributed by atoms with Crippen molar-refractivity contribution in [1.82, 2.24) is 5.32 Å². The summed E-state index contributed by atoms with van der Waals surface area (Å²) >= 11 is 0. The average molecular weight is 535 g/mol. The Morgan fingerprint density at radius 2 is 1.87 bits per heavy atom. The van der Waals surface area contributed by atoms with Gasteiger partial charge in [-0.05, 0) is 25.5 Å². The van der Waals surface area contributed by atoms with E-state index in [1.165, 1.54) is 6.08 Å². The van der Waals surface area contributed by atoms with Gasteiger partial charge in [-0.15, -0.1) is 6.58 Å². The first-order valence-corrected chi connectivity index (χ1v) is 13.1. The van der Waals surface area contributed by atoms with E-state index in [-0.39, 0.29) is 25.7 Å². The molecule has 3 aliphatic heterocycles. The second-order valence-corrected chi connectivity index (χ2v) is 10.2. The fourth-order valence-electron chi connectivity index (χ4n) is 5.42. The van der Waals surface area contributed by atoms with E-state index in [1.807, 2.05) is 56.3 Å². The van der Waals surface area contributed by atoms with Crippen LogP contribution in [0.2, 0.25) is 0 Å². The van der Waals surface area contributed by atoms with Gasteiger partial charge in [0, 0.05) is 36.7 Å². The largest absolute Gasteiger partial charge is 0.460 e. The first-order chi connectivity index (χ1) is 18.8. The molecule has 5 rings (SSSR count). The van der Waals surface area contributed by atoms with E-state index in [4.69, 9.17) is 23.7 Å². The molecule has 0 saturated carbocycles. The van der Waals surface area contributed by atoms with Gasteiger partial charge in [0.2, 0.25) is 12.7 Å². The van der Waals surface area contributed by atoms with Gasteiger partial charge < -0.3 is 33.9 Å². The lowest BCUT2D eigenvalue weighted by atomic mass is 9.88. The van der Waals surface area contributed by atoms with E-state index in [1.54, 1.807) is 6.08 Å². The summed E-state index contributed by atoms with van der Waals surface area (Å²) in [6.07, 6.45) is 2.78. The van der Waals surface area contributed by atoms with E-state index >= 15 is 0 Å². The van der Waals surface area contributed by atoms with Crippen LogP contribution in [-0.4, -0.2) is 55.8 Å². The predicted molar refractivity (Wildman–Crippen MR) is 145 cm³/mol. The molecule has 39 heavy (non-hydrogen) atoms. The Morgan fingerprint density at radius 1 is 1.13 bits per heavy atom. The molecular formula is C30H34N2O7. The fraction of sp³-hybridized carbons (Fsp3) is 0.400. The third kappa shape index (κ3) is 5.65. The molecule has 0 radical (unpaired) electrons. The zero-order valence-electron chi connectivity index (χ0n) is 22.3. The quantitative estimate of drug-likeness (QED) is 0.363. The Labute approximate surface area is 228 Å². The molecule has 2 aromatic rings. The number of anilines is 1. The number of hydrogen-bond donors (Lipinski definition) is 1. The summed E-state index contributed by atoms with van der Waals surface area (Å²) in [4.78, 5) is 28.5. The molecule has 1 N–H and O–H groups in total. The van der Waals surface area contributed by atoms with Gasteiger partial charge in [0.1, 0.15) is 24.9 Å². The highest BCUT2D eigenvalue weighted by Crippen LogP contribution is 2.52. The van der Waals surface area contributed by atoms with Crippen LogP contribution in [0.1, 0.15) is 37.5 Å². The lowest BCUT2D eigenvalue weighted by molar-refractivity contribution is -0.149. The third-order valence-corrected chi connectivity index (χ3v) is 7.01. The maximum atomic E-state index is 13.6. The molecule has 4 atom stereocenters. The number of rotatable bonds is 10. The van der Waals surface area contributed by atoms with Crippen LogP contribution >= 0.6 is 0 Å². The van der Waals surface area contributed by atoms with Crippen molar-refractivity contribution in [2.45, 2.75) is 56.8 Å². The first kappa shape index (κ1) is 26.8. The monoisotopic (exact) mass is 534 g/mol. The minimum atomic E-state index is -0.856. The van der Waals surface area contributed by atoms with Gasteiger partial charge in [0.15, 0.2) is 17.3 Å². The number of hydrogen-bond acceptors (Lipinski definition) is 8. The summed E-state index contributed by atoms with van der Waals surface area (Å²) < 4.78 is 29.3. The van der Waals surface area contributed by atoms with Crippen molar-refractivity contribution < 1.29 is 33.3 Å². The van der Waals surface area contributed by atoms with Crippen LogP contribution in [0.3, 0.4) is 0 Å². The van der Waals surface area contributed by atoms with E-state index in [0.29, 0.717) is 24.5 Å². The molecule has 0 spiro atoms. The number of amides is 1. The lowest BCUT2D eigenvalue weighted by Gasteiger charge is -2.43. The zero-order valence-corrected chi connectivity index (χ0v) is 22.3. The number of carbonyl (C=O) groups excluding carboxylic acids is 2. The number of fused-ring (bicyclic) bond motifs is 4. The van der Waals surface area contributed by atoms with E-state index in [2.05, 4.69) is 23.4 Å². The molecule has 2 aromatic carbocycles. The maximum Gasteiger partial charge on any atom is 0.329 e. The summed E-state index contributed by atoms with van der Waals surface area (Å²) in [6.45, 7) is 11.9. The van der Waals surface area contributed by atoms with E-state index < -0.39 is 36.0 Å². The van der Waals surface area contributed by atoms with Gasteiger partial charge in [0.25, 0.3) is 0 Å². The summed E-state index contributed by atoms with van der Waals surface area (Å²) in [5.41, 5.74) is 2.68. The van der Waals surface area contributed by atoms with Crippen molar-refractivity contribution in [3.8, 4) is 11.5 Å². The van der Waals surface area contributed by atoms with Crippen molar-refractivity contribution >= 4 is 17.6 Å². The molecule has 206 valence electrons. The highest BCUT2D eigenvalue weighted by atomic mass is 16.8. The Balaban J connectivity index is 1.42. The van der Waals surface area contributed by atoms with Gasteiger partial charge in [-0.1, -0.05) is 49.1 Å². The molecule has 0 aliphatic carbocycles.